The van der Waals surface area contributed by atoms with Crippen molar-refractivity contribution in [3.8, 4) is 16.9 Å². The summed E-state index contributed by atoms with van der Waals surface area (Å²) in [6.45, 7) is 4.07. The van der Waals surface area contributed by atoms with Gasteiger partial charge in [-0.2, -0.15) is 10.0 Å². The van der Waals surface area contributed by atoms with Crippen molar-refractivity contribution in [3.05, 3.63) is 41.3 Å². The third kappa shape index (κ3) is 6.21. The van der Waals surface area contributed by atoms with Crippen LogP contribution in [0.4, 0.5) is 0 Å². The second kappa shape index (κ2) is 9.29. The van der Waals surface area contributed by atoms with Crippen molar-refractivity contribution in [2.75, 3.05) is 32.5 Å². The van der Waals surface area contributed by atoms with Gasteiger partial charge in [0.2, 0.25) is 5.76 Å². The number of ether oxygens (including phenoxy) is 3. The Hall–Kier alpha value is -2.06. The van der Waals surface area contributed by atoms with E-state index >= 15 is 0 Å². The van der Waals surface area contributed by atoms with Crippen LogP contribution in [0, 0.1) is 18.1 Å². The summed E-state index contributed by atoms with van der Waals surface area (Å²) in [6, 6.07) is 5.70. The molecule has 0 atom stereocenters. The van der Waals surface area contributed by atoms with Crippen molar-refractivity contribution in [1.82, 2.24) is 0 Å². The van der Waals surface area contributed by atoms with Crippen LogP contribution in [0.15, 0.2) is 30.2 Å². The third-order valence-electron chi connectivity index (χ3n) is 3.21. The molecule has 0 unspecified atom stereocenters. The lowest BCUT2D eigenvalue weighted by Gasteiger charge is -2.22. The number of esters is 1. The molecule has 24 heavy (non-hydrogen) atoms. The Morgan fingerprint density at radius 2 is 2.00 bits per heavy atom. The minimum atomic E-state index is -0.909. The van der Waals surface area contributed by atoms with Gasteiger partial charge < -0.3 is 14.2 Å². The molecule has 0 aliphatic carbocycles. The van der Waals surface area contributed by atoms with Crippen molar-refractivity contribution >= 4 is 16.0 Å². The Morgan fingerprint density at radius 1 is 1.29 bits per heavy atom. The normalized spacial score (nSPS) is 12.0. The van der Waals surface area contributed by atoms with E-state index in [2.05, 4.69) is 35.3 Å². The smallest absolute Gasteiger partial charge is 0.377 e. The van der Waals surface area contributed by atoms with Gasteiger partial charge in [-0.3, -0.25) is 0 Å². The molecule has 0 aliphatic rings. The van der Waals surface area contributed by atoms with Gasteiger partial charge in [0.25, 0.3) is 0 Å². The molecular weight excluding hydrogens is 324 g/mol. The Balaban J connectivity index is 3.08. The van der Waals surface area contributed by atoms with E-state index in [1.54, 1.807) is 0 Å². The lowest BCUT2D eigenvalue weighted by Crippen LogP contribution is -2.11. The number of hydrogen-bond acceptors (Lipinski definition) is 4. The summed E-state index contributed by atoms with van der Waals surface area (Å²) in [7, 11) is 1.83. The van der Waals surface area contributed by atoms with Crippen LogP contribution in [-0.4, -0.2) is 38.5 Å². The summed E-state index contributed by atoms with van der Waals surface area (Å²) in [5.74, 6) is 4.30. The van der Waals surface area contributed by atoms with Crippen molar-refractivity contribution in [1.29, 1.82) is 0 Å². The van der Waals surface area contributed by atoms with Gasteiger partial charge in [-0.15, -0.1) is 0 Å². The molecule has 0 saturated heterocycles. The van der Waals surface area contributed by atoms with Gasteiger partial charge in [0, 0.05) is 5.56 Å². The van der Waals surface area contributed by atoms with Crippen molar-refractivity contribution in [2.24, 2.45) is 0 Å². The summed E-state index contributed by atoms with van der Waals surface area (Å²) in [6.07, 6.45) is 6.78. The Morgan fingerprint density at radius 3 is 2.58 bits per heavy atom. The topological polar surface area (TPSA) is 44.8 Å². The van der Waals surface area contributed by atoms with E-state index in [9.17, 15) is 4.79 Å². The van der Waals surface area contributed by atoms with E-state index in [-0.39, 0.29) is 5.76 Å². The molecule has 0 amide bonds. The maximum absolute atomic E-state index is 11.7. The SMILES string of the molecule is CCCS(C)(C)C#Cc1ccc(C)c(O/C(=C\OC)C(=O)OC)c1. The fourth-order valence-electron chi connectivity index (χ4n) is 1.99. The third-order valence-corrected chi connectivity index (χ3v) is 5.29. The van der Waals surface area contributed by atoms with Gasteiger partial charge in [-0.05, 0) is 54.6 Å². The zero-order chi connectivity index (χ0) is 18.2. The van der Waals surface area contributed by atoms with E-state index in [0.29, 0.717) is 5.75 Å². The monoisotopic (exact) mass is 350 g/mol. The highest BCUT2D eigenvalue weighted by molar-refractivity contribution is 8.36. The number of aryl methyl sites for hydroxylation is 1. The van der Waals surface area contributed by atoms with Crippen LogP contribution < -0.4 is 4.74 Å². The van der Waals surface area contributed by atoms with Crippen LogP contribution in [-0.2, 0) is 14.3 Å². The van der Waals surface area contributed by atoms with Gasteiger partial charge in [0.05, 0.1) is 14.2 Å². The second-order valence-electron chi connectivity index (χ2n) is 5.76. The Labute approximate surface area is 146 Å². The predicted molar refractivity (Wildman–Crippen MR) is 100 cm³/mol. The lowest BCUT2D eigenvalue weighted by molar-refractivity contribution is -0.138. The van der Waals surface area contributed by atoms with Crippen LogP contribution >= 0.6 is 10.0 Å². The van der Waals surface area contributed by atoms with Gasteiger partial charge in [0.1, 0.15) is 12.0 Å². The number of carbonyl (C=O) groups is 1. The molecule has 4 nitrogen and oxygen atoms in total. The van der Waals surface area contributed by atoms with Crippen molar-refractivity contribution in [3.63, 3.8) is 0 Å². The van der Waals surface area contributed by atoms with E-state index in [4.69, 9.17) is 9.47 Å². The number of carbonyl (C=O) groups excluding carboxylic acids is 1. The molecule has 0 bridgehead atoms. The van der Waals surface area contributed by atoms with Gasteiger partial charge in [-0.25, -0.2) is 4.79 Å². The standard InChI is InChI=1S/C19H26O4S/c1-7-11-24(5,6)12-10-16-9-8-15(2)17(13-16)23-18(14-21-3)19(20)22-4/h8-9,13-14H,7,11H2,1-6H3/b18-14-. The van der Waals surface area contributed by atoms with E-state index in [1.165, 1.54) is 20.5 Å². The first-order chi connectivity index (χ1) is 11.3. The zero-order valence-electron chi connectivity index (χ0n) is 15.3. The molecule has 132 valence electrons. The summed E-state index contributed by atoms with van der Waals surface area (Å²) in [4.78, 5) is 11.7. The fraction of sp³-hybridized carbons (Fsp3) is 0.421. The lowest BCUT2D eigenvalue weighted by atomic mass is 10.1. The second-order valence-corrected chi connectivity index (χ2v) is 9.45. The summed E-state index contributed by atoms with van der Waals surface area (Å²) >= 11 is 0. The highest BCUT2D eigenvalue weighted by Gasteiger charge is 2.14. The molecule has 0 N–H and O–H groups in total. The van der Waals surface area contributed by atoms with Gasteiger partial charge in [-0.1, -0.05) is 18.9 Å². The fourth-order valence-corrected chi connectivity index (χ4v) is 3.50. The van der Waals surface area contributed by atoms with Gasteiger partial charge >= 0.3 is 5.97 Å². The first-order valence-electron chi connectivity index (χ1n) is 7.66. The molecule has 0 aliphatic heterocycles. The quantitative estimate of drug-likeness (QED) is 0.339. The van der Waals surface area contributed by atoms with Crippen LogP contribution in [0.2, 0.25) is 0 Å². The molecule has 0 heterocycles. The molecule has 0 saturated carbocycles. The molecule has 1 aromatic carbocycles. The largest absolute Gasteiger partial charge is 0.500 e. The van der Waals surface area contributed by atoms with E-state index in [0.717, 1.165) is 23.3 Å². The molecule has 0 radical (unpaired) electrons. The van der Waals surface area contributed by atoms with E-state index < -0.39 is 16.0 Å². The highest BCUT2D eigenvalue weighted by atomic mass is 32.3. The number of hydrogen-bond donors (Lipinski definition) is 0. The zero-order valence-corrected chi connectivity index (χ0v) is 16.1. The number of rotatable bonds is 6. The molecule has 5 heteroatoms. The highest BCUT2D eigenvalue weighted by Crippen LogP contribution is 2.38. The van der Waals surface area contributed by atoms with Crippen LogP contribution in [0.5, 0.6) is 5.75 Å². The Bertz CT molecular complexity index is 666. The molecule has 1 aromatic rings. The predicted octanol–water partition coefficient (Wildman–Crippen LogP) is 3.82. The molecule has 0 fully saturated rings. The molecule has 0 aromatic heterocycles. The molecule has 0 spiro atoms. The van der Waals surface area contributed by atoms with Crippen molar-refractivity contribution in [2.45, 2.75) is 20.3 Å². The average molecular weight is 350 g/mol. The average Bonchev–Trinajstić information content (AvgIpc) is 2.54. The van der Waals surface area contributed by atoms with Crippen LogP contribution in [0.3, 0.4) is 0 Å². The first kappa shape index (κ1) is 20.0. The first-order valence-corrected chi connectivity index (χ1v) is 10.3. The maximum atomic E-state index is 11.7. The Kier molecular flexibility index (Phi) is 7.73. The van der Waals surface area contributed by atoms with Crippen molar-refractivity contribution < 1.29 is 19.0 Å². The number of methoxy groups -OCH3 is 2. The van der Waals surface area contributed by atoms with Crippen LogP contribution in [0.1, 0.15) is 24.5 Å². The molecule has 1 rings (SSSR count). The maximum Gasteiger partial charge on any atom is 0.377 e. The summed E-state index contributed by atoms with van der Waals surface area (Å²) < 4.78 is 15.2. The molecular formula is C19H26O4S. The summed E-state index contributed by atoms with van der Waals surface area (Å²) in [5.41, 5.74) is 1.75. The summed E-state index contributed by atoms with van der Waals surface area (Å²) in [5, 5.41) is 3.38. The van der Waals surface area contributed by atoms with Crippen LogP contribution in [0.25, 0.3) is 0 Å². The minimum absolute atomic E-state index is 0.00912. The number of benzene rings is 1. The van der Waals surface area contributed by atoms with E-state index in [1.807, 2.05) is 25.1 Å². The minimum Gasteiger partial charge on any atom is -0.500 e. The van der Waals surface area contributed by atoms with Gasteiger partial charge in [0.15, 0.2) is 0 Å².